The van der Waals surface area contributed by atoms with Gasteiger partial charge in [0.05, 0.1) is 19.3 Å². The van der Waals surface area contributed by atoms with Gasteiger partial charge in [0, 0.05) is 23.6 Å². The molecule has 0 aliphatic carbocycles. The molecule has 0 radical (unpaired) electrons. The summed E-state index contributed by atoms with van der Waals surface area (Å²) in [6.07, 6.45) is 0.313. The van der Waals surface area contributed by atoms with Crippen molar-refractivity contribution in [2.75, 3.05) is 13.7 Å². The highest BCUT2D eigenvalue weighted by Gasteiger charge is 2.42. The van der Waals surface area contributed by atoms with E-state index in [2.05, 4.69) is 26.1 Å². The standard InChI is InChI=1S/C17H26FNO2/c1-6-19-17(16-10(2)11(3)21-12(16)4)14-8-7-13(20-5)9-15(14)18/h7-12,16-17,19H,6H2,1-5H3. The fourth-order valence-electron chi connectivity index (χ4n) is 3.43. The summed E-state index contributed by atoms with van der Waals surface area (Å²) in [6.45, 7) is 9.19. The summed E-state index contributed by atoms with van der Waals surface area (Å²) in [6, 6.07) is 5.05. The van der Waals surface area contributed by atoms with E-state index in [-0.39, 0.29) is 30.0 Å². The molecule has 0 spiro atoms. The molecule has 1 saturated heterocycles. The van der Waals surface area contributed by atoms with Crippen LogP contribution in [0, 0.1) is 17.7 Å². The number of halogens is 1. The Bertz CT molecular complexity index is 480. The first kappa shape index (κ1) is 16.2. The van der Waals surface area contributed by atoms with E-state index in [9.17, 15) is 4.39 Å². The molecule has 0 bridgehead atoms. The van der Waals surface area contributed by atoms with Crippen LogP contribution in [0.25, 0.3) is 0 Å². The van der Waals surface area contributed by atoms with Crippen LogP contribution < -0.4 is 10.1 Å². The average molecular weight is 295 g/mol. The normalized spacial score (nSPS) is 30.4. The summed E-state index contributed by atoms with van der Waals surface area (Å²) in [4.78, 5) is 0. The Kier molecular flexibility index (Phi) is 5.22. The molecule has 1 heterocycles. The zero-order chi connectivity index (χ0) is 15.6. The summed E-state index contributed by atoms with van der Waals surface area (Å²) in [5.74, 6) is 0.955. The molecule has 1 aromatic carbocycles. The van der Waals surface area contributed by atoms with Crippen LogP contribution in [0.1, 0.15) is 39.3 Å². The van der Waals surface area contributed by atoms with Crippen LogP contribution in [0.4, 0.5) is 4.39 Å². The summed E-state index contributed by atoms with van der Waals surface area (Å²) in [7, 11) is 1.55. The van der Waals surface area contributed by atoms with Crippen LogP contribution in [0.5, 0.6) is 5.75 Å². The topological polar surface area (TPSA) is 30.5 Å². The van der Waals surface area contributed by atoms with Crippen molar-refractivity contribution >= 4 is 0 Å². The van der Waals surface area contributed by atoms with Gasteiger partial charge in [-0.1, -0.05) is 19.9 Å². The third-order valence-corrected chi connectivity index (χ3v) is 4.67. The first-order valence-corrected chi connectivity index (χ1v) is 7.71. The first-order chi connectivity index (χ1) is 9.99. The number of rotatable bonds is 5. The SMILES string of the molecule is CCNC(c1ccc(OC)cc1F)C1C(C)OC(C)C1C. The Hall–Kier alpha value is -1.13. The van der Waals surface area contributed by atoms with E-state index in [1.165, 1.54) is 6.07 Å². The second-order valence-electron chi connectivity index (χ2n) is 5.91. The molecule has 1 aliphatic heterocycles. The molecular weight excluding hydrogens is 269 g/mol. The molecule has 1 N–H and O–H groups in total. The predicted octanol–water partition coefficient (Wildman–Crippen LogP) is 3.54. The lowest BCUT2D eigenvalue weighted by molar-refractivity contribution is 0.0474. The predicted molar refractivity (Wildman–Crippen MR) is 82.0 cm³/mol. The lowest BCUT2D eigenvalue weighted by Crippen LogP contribution is -2.35. The quantitative estimate of drug-likeness (QED) is 0.901. The zero-order valence-corrected chi connectivity index (χ0v) is 13.5. The number of hydrogen-bond acceptors (Lipinski definition) is 3. The van der Waals surface area contributed by atoms with Crippen LogP contribution in [-0.4, -0.2) is 25.9 Å². The van der Waals surface area contributed by atoms with Crippen LogP contribution in [-0.2, 0) is 4.74 Å². The van der Waals surface area contributed by atoms with Crippen molar-refractivity contribution in [1.82, 2.24) is 5.32 Å². The fraction of sp³-hybridized carbons (Fsp3) is 0.647. The number of hydrogen-bond donors (Lipinski definition) is 1. The summed E-state index contributed by atoms with van der Waals surface area (Å²) in [5, 5.41) is 3.44. The number of benzene rings is 1. The van der Waals surface area contributed by atoms with E-state index in [1.807, 2.05) is 19.1 Å². The van der Waals surface area contributed by atoms with Gasteiger partial charge in [-0.3, -0.25) is 0 Å². The van der Waals surface area contributed by atoms with Gasteiger partial charge >= 0.3 is 0 Å². The van der Waals surface area contributed by atoms with Gasteiger partial charge in [0.15, 0.2) is 0 Å². The Balaban J connectivity index is 2.35. The van der Waals surface area contributed by atoms with E-state index in [4.69, 9.17) is 9.47 Å². The molecule has 118 valence electrons. The van der Waals surface area contributed by atoms with Gasteiger partial charge < -0.3 is 14.8 Å². The first-order valence-electron chi connectivity index (χ1n) is 7.71. The maximum Gasteiger partial charge on any atom is 0.131 e. The van der Waals surface area contributed by atoms with Gasteiger partial charge in [-0.2, -0.15) is 0 Å². The smallest absolute Gasteiger partial charge is 0.131 e. The fourth-order valence-corrected chi connectivity index (χ4v) is 3.43. The molecule has 1 fully saturated rings. The van der Waals surface area contributed by atoms with Crippen LogP contribution in [0.15, 0.2) is 18.2 Å². The van der Waals surface area contributed by atoms with Gasteiger partial charge in [-0.25, -0.2) is 4.39 Å². The average Bonchev–Trinajstić information content (AvgIpc) is 2.70. The third-order valence-electron chi connectivity index (χ3n) is 4.67. The molecule has 4 heteroatoms. The van der Waals surface area contributed by atoms with Crippen LogP contribution in [0.2, 0.25) is 0 Å². The highest BCUT2D eigenvalue weighted by atomic mass is 19.1. The van der Waals surface area contributed by atoms with Crippen molar-refractivity contribution in [2.24, 2.45) is 11.8 Å². The van der Waals surface area contributed by atoms with Gasteiger partial charge in [0.25, 0.3) is 0 Å². The number of methoxy groups -OCH3 is 1. The summed E-state index contributed by atoms with van der Waals surface area (Å²) in [5.41, 5.74) is 0.694. The minimum atomic E-state index is -0.223. The lowest BCUT2D eigenvalue weighted by atomic mass is 9.80. The van der Waals surface area contributed by atoms with Crippen molar-refractivity contribution in [3.63, 3.8) is 0 Å². The monoisotopic (exact) mass is 295 g/mol. The van der Waals surface area contributed by atoms with E-state index < -0.39 is 0 Å². The Morgan fingerprint density at radius 3 is 2.48 bits per heavy atom. The Morgan fingerprint density at radius 2 is 2.00 bits per heavy atom. The van der Waals surface area contributed by atoms with Crippen molar-refractivity contribution in [1.29, 1.82) is 0 Å². The molecule has 3 nitrogen and oxygen atoms in total. The lowest BCUT2D eigenvalue weighted by Gasteiger charge is -2.30. The number of ether oxygens (including phenoxy) is 2. The van der Waals surface area contributed by atoms with E-state index in [1.54, 1.807) is 7.11 Å². The van der Waals surface area contributed by atoms with Crippen LogP contribution in [0.3, 0.4) is 0 Å². The molecular formula is C17H26FNO2. The zero-order valence-electron chi connectivity index (χ0n) is 13.5. The molecule has 0 aromatic heterocycles. The number of nitrogens with one attached hydrogen (secondary N) is 1. The van der Waals surface area contributed by atoms with Crippen molar-refractivity contribution in [3.8, 4) is 5.75 Å². The van der Waals surface area contributed by atoms with Crippen molar-refractivity contribution in [3.05, 3.63) is 29.6 Å². The second-order valence-corrected chi connectivity index (χ2v) is 5.91. The highest BCUT2D eigenvalue weighted by Crippen LogP contribution is 2.41. The summed E-state index contributed by atoms with van der Waals surface area (Å²) < 4.78 is 25.5. The van der Waals surface area contributed by atoms with Crippen LogP contribution >= 0.6 is 0 Å². The minimum absolute atomic E-state index is 0.0455. The summed E-state index contributed by atoms with van der Waals surface area (Å²) >= 11 is 0. The molecule has 0 amide bonds. The molecule has 21 heavy (non-hydrogen) atoms. The Labute approximate surface area is 126 Å². The third kappa shape index (κ3) is 3.22. The van der Waals surface area contributed by atoms with E-state index >= 15 is 0 Å². The minimum Gasteiger partial charge on any atom is -0.497 e. The van der Waals surface area contributed by atoms with Gasteiger partial charge in [0.2, 0.25) is 0 Å². The maximum atomic E-state index is 14.5. The Morgan fingerprint density at radius 1 is 1.29 bits per heavy atom. The van der Waals surface area contributed by atoms with E-state index in [0.29, 0.717) is 17.2 Å². The van der Waals surface area contributed by atoms with Gasteiger partial charge in [-0.05, 0) is 32.4 Å². The highest BCUT2D eigenvalue weighted by molar-refractivity contribution is 5.31. The molecule has 1 aliphatic rings. The van der Waals surface area contributed by atoms with Crippen molar-refractivity contribution < 1.29 is 13.9 Å². The largest absolute Gasteiger partial charge is 0.497 e. The van der Waals surface area contributed by atoms with Crippen molar-refractivity contribution in [2.45, 2.75) is 45.9 Å². The maximum absolute atomic E-state index is 14.5. The molecule has 5 unspecified atom stereocenters. The molecule has 0 saturated carbocycles. The molecule has 5 atom stereocenters. The van der Waals surface area contributed by atoms with E-state index in [0.717, 1.165) is 6.54 Å². The molecule has 1 aromatic rings. The van der Waals surface area contributed by atoms with Gasteiger partial charge in [0.1, 0.15) is 11.6 Å². The van der Waals surface area contributed by atoms with Gasteiger partial charge in [-0.15, -0.1) is 0 Å². The second kappa shape index (κ2) is 6.75. The molecule has 2 rings (SSSR count).